The van der Waals surface area contributed by atoms with E-state index in [0.717, 1.165) is 18.7 Å². The molecule has 0 bridgehead atoms. The number of carbonyl (C=O) groups is 1. The Morgan fingerprint density at radius 2 is 2.35 bits per heavy atom. The van der Waals surface area contributed by atoms with Crippen LogP contribution in [0.15, 0.2) is 6.20 Å². The normalized spacial score (nSPS) is 24.4. The van der Waals surface area contributed by atoms with Crippen molar-refractivity contribution in [2.75, 3.05) is 13.2 Å². The zero-order valence-electron chi connectivity index (χ0n) is 10.6. The maximum atomic E-state index is 12.4. The summed E-state index contributed by atoms with van der Waals surface area (Å²) in [6.07, 6.45) is 2.70. The number of hydrogen-bond donors (Lipinski definition) is 1. The van der Waals surface area contributed by atoms with Crippen LogP contribution in [0.5, 0.6) is 0 Å². The molecule has 0 saturated carbocycles. The molecule has 5 heteroatoms. The molecule has 5 nitrogen and oxygen atoms in total. The molecule has 1 aromatic heterocycles. The number of nitrogens with zero attached hydrogens (tertiary/aromatic N) is 3. The number of aromatic nitrogens is 2. The first kappa shape index (κ1) is 12.1. The molecule has 1 aliphatic rings. The Morgan fingerprint density at radius 3 is 2.88 bits per heavy atom. The summed E-state index contributed by atoms with van der Waals surface area (Å²) in [5.41, 5.74) is 1.38. The third-order valence-corrected chi connectivity index (χ3v) is 3.57. The van der Waals surface area contributed by atoms with Crippen LogP contribution in [-0.4, -0.2) is 44.9 Å². The van der Waals surface area contributed by atoms with Crippen LogP contribution < -0.4 is 0 Å². The van der Waals surface area contributed by atoms with Gasteiger partial charge >= 0.3 is 0 Å². The summed E-state index contributed by atoms with van der Waals surface area (Å²) < 4.78 is 1.65. The highest BCUT2D eigenvalue weighted by Gasteiger charge is 2.35. The largest absolute Gasteiger partial charge is 0.394 e. The summed E-state index contributed by atoms with van der Waals surface area (Å²) in [6.45, 7) is 4.66. The minimum absolute atomic E-state index is 0.0148. The predicted molar refractivity (Wildman–Crippen MR) is 63.6 cm³/mol. The van der Waals surface area contributed by atoms with Gasteiger partial charge in [-0.1, -0.05) is 6.92 Å². The van der Waals surface area contributed by atoms with Crippen molar-refractivity contribution in [2.24, 2.45) is 13.0 Å². The van der Waals surface area contributed by atoms with Gasteiger partial charge in [-0.15, -0.1) is 0 Å². The van der Waals surface area contributed by atoms with Gasteiger partial charge in [-0.25, -0.2) is 0 Å². The van der Waals surface area contributed by atoms with E-state index in [0.29, 0.717) is 11.5 Å². The van der Waals surface area contributed by atoms with Gasteiger partial charge in [0, 0.05) is 19.8 Å². The highest BCUT2D eigenvalue weighted by atomic mass is 16.3. The lowest BCUT2D eigenvalue weighted by molar-refractivity contribution is 0.0647. The first-order valence-corrected chi connectivity index (χ1v) is 5.96. The second kappa shape index (κ2) is 4.49. The molecule has 1 aliphatic heterocycles. The second-order valence-corrected chi connectivity index (χ2v) is 4.82. The number of rotatable bonds is 2. The number of aryl methyl sites for hydroxylation is 2. The van der Waals surface area contributed by atoms with Crippen molar-refractivity contribution in [3.8, 4) is 0 Å². The zero-order chi connectivity index (χ0) is 12.6. The minimum Gasteiger partial charge on any atom is -0.394 e. The number of aliphatic hydroxyl groups excluding tert-OH is 1. The SMILES string of the molecule is Cc1nn(C)cc1C(=O)N1CCC(C)C1CO. The van der Waals surface area contributed by atoms with Crippen molar-refractivity contribution in [1.29, 1.82) is 0 Å². The van der Waals surface area contributed by atoms with E-state index in [4.69, 9.17) is 0 Å². The molecule has 1 fully saturated rings. The molecule has 2 atom stereocenters. The van der Waals surface area contributed by atoms with Gasteiger partial charge in [-0.05, 0) is 19.3 Å². The Kier molecular flexibility index (Phi) is 3.19. The van der Waals surface area contributed by atoms with Crippen molar-refractivity contribution in [3.63, 3.8) is 0 Å². The molecular weight excluding hydrogens is 218 g/mol. The summed E-state index contributed by atoms with van der Waals surface area (Å²) in [5, 5.41) is 13.5. The van der Waals surface area contributed by atoms with E-state index in [1.54, 1.807) is 22.8 Å². The van der Waals surface area contributed by atoms with Crippen LogP contribution in [0.4, 0.5) is 0 Å². The molecular formula is C12H19N3O2. The molecule has 0 spiro atoms. The minimum atomic E-state index is -0.0536. The van der Waals surface area contributed by atoms with Gasteiger partial charge in [0.05, 0.1) is 23.9 Å². The van der Waals surface area contributed by atoms with Gasteiger partial charge in [0.2, 0.25) is 0 Å². The van der Waals surface area contributed by atoms with Crippen molar-refractivity contribution < 1.29 is 9.90 Å². The fourth-order valence-corrected chi connectivity index (χ4v) is 2.50. The third-order valence-electron chi connectivity index (χ3n) is 3.57. The Morgan fingerprint density at radius 1 is 1.65 bits per heavy atom. The molecule has 0 aromatic carbocycles. The molecule has 17 heavy (non-hydrogen) atoms. The van der Waals surface area contributed by atoms with Crippen LogP contribution in [0.2, 0.25) is 0 Å². The van der Waals surface area contributed by atoms with Crippen LogP contribution in [-0.2, 0) is 7.05 Å². The van der Waals surface area contributed by atoms with E-state index in [2.05, 4.69) is 12.0 Å². The van der Waals surface area contributed by atoms with Gasteiger partial charge in [0.1, 0.15) is 0 Å². The summed E-state index contributed by atoms with van der Waals surface area (Å²) in [5.74, 6) is 0.347. The lowest BCUT2D eigenvalue weighted by Crippen LogP contribution is -2.39. The first-order chi connectivity index (χ1) is 8.04. The van der Waals surface area contributed by atoms with Crippen LogP contribution in [0.1, 0.15) is 29.4 Å². The molecule has 1 N–H and O–H groups in total. The maximum absolute atomic E-state index is 12.4. The van der Waals surface area contributed by atoms with Gasteiger partial charge in [-0.3, -0.25) is 9.48 Å². The standard InChI is InChI=1S/C12H19N3O2/c1-8-4-5-15(11(8)7-16)12(17)10-6-14(3)13-9(10)2/h6,8,11,16H,4-5,7H2,1-3H3. The molecule has 2 rings (SSSR count). The molecule has 1 amide bonds. The van der Waals surface area contributed by atoms with Crippen LogP contribution in [0.25, 0.3) is 0 Å². The number of aliphatic hydroxyl groups is 1. The van der Waals surface area contributed by atoms with Crippen molar-refractivity contribution in [2.45, 2.75) is 26.3 Å². The zero-order valence-corrected chi connectivity index (χ0v) is 10.6. The Hall–Kier alpha value is -1.36. The Labute approximate surface area is 101 Å². The summed E-state index contributed by atoms with van der Waals surface area (Å²) in [6, 6.07) is -0.0536. The average molecular weight is 237 g/mol. The Balaban J connectivity index is 2.23. The molecule has 2 unspecified atom stereocenters. The lowest BCUT2D eigenvalue weighted by Gasteiger charge is -2.24. The third kappa shape index (κ3) is 2.07. The maximum Gasteiger partial charge on any atom is 0.257 e. The highest BCUT2D eigenvalue weighted by Crippen LogP contribution is 2.25. The van der Waals surface area contributed by atoms with Crippen molar-refractivity contribution >= 4 is 5.91 Å². The van der Waals surface area contributed by atoms with E-state index in [1.165, 1.54) is 0 Å². The molecule has 1 aromatic rings. The number of amides is 1. The molecule has 0 aliphatic carbocycles. The molecule has 94 valence electrons. The van der Waals surface area contributed by atoms with E-state index in [-0.39, 0.29) is 18.6 Å². The van der Waals surface area contributed by atoms with Gasteiger partial charge in [-0.2, -0.15) is 5.10 Å². The molecule has 0 radical (unpaired) electrons. The van der Waals surface area contributed by atoms with Gasteiger partial charge in [0.15, 0.2) is 0 Å². The number of hydrogen-bond acceptors (Lipinski definition) is 3. The summed E-state index contributed by atoms with van der Waals surface area (Å²) in [7, 11) is 1.81. The second-order valence-electron chi connectivity index (χ2n) is 4.82. The fourth-order valence-electron chi connectivity index (χ4n) is 2.50. The topological polar surface area (TPSA) is 58.4 Å². The highest BCUT2D eigenvalue weighted by molar-refractivity contribution is 5.95. The number of likely N-dealkylation sites (tertiary alicyclic amines) is 1. The monoisotopic (exact) mass is 237 g/mol. The van der Waals surface area contributed by atoms with E-state index in [1.807, 2.05) is 6.92 Å². The fraction of sp³-hybridized carbons (Fsp3) is 0.667. The van der Waals surface area contributed by atoms with Crippen molar-refractivity contribution in [3.05, 3.63) is 17.5 Å². The smallest absolute Gasteiger partial charge is 0.257 e. The van der Waals surface area contributed by atoms with E-state index < -0.39 is 0 Å². The van der Waals surface area contributed by atoms with E-state index in [9.17, 15) is 9.90 Å². The Bertz CT molecular complexity index is 427. The number of carbonyl (C=O) groups excluding carboxylic acids is 1. The summed E-state index contributed by atoms with van der Waals surface area (Å²) in [4.78, 5) is 14.1. The van der Waals surface area contributed by atoms with Crippen molar-refractivity contribution in [1.82, 2.24) is 14.7 Å². The molecule has 1 saturated heterocycles. The van der Waals surface area contributed by atoms with Gasteiger partial charge < -0.3 is 10.0 Å². The quantitative estimate of drug-likeness (QED) is 0.818. The van der Waals surface area contributed by atoms with Crippen LogP contribution in [0.3, 0.4) is 0 Å². The summed E-state index contributed by atoms with van der Waals surface area (Å²) >= 11 is 0. The van der Waals surface area contributed by atoms with Gasteiger partial charge in [0.25, 0.3) is 5.91 Å². The van der Waals surface area contributed by atoms with Crippen LogP contribution >= 0.6 is 0 Å². The first-order valence-electron chi connectivity index (χ1n) is 5.96. The van der Waals surface area contributed by atoms with Crippen LogP contribution in [0, 0.1) is 12.8 Å². The predicted octanol–water partition coefficient (Wildman–Crippen LogP) is 0.571. The average Bonchev–Trinajstić information content (AvgIpc) is 2.80. The lowest BCUT2D eigenvalue weighted by atomic mass is 10.0. The van der Waals surface area contributed by atoms with E-state index >= 15 is 0 Å². The molecule has 2 heterocycles.